The molecule has 9 atom stereocenters. The van der Waals surface area contributed by atoms with Crippen molar-refractivity contribution in [2.24, 2.45) is 29.6 Å². The Morgan fingerprint density at radius 3 is 2.53 bits per heavy atom. The minimum absolute atomic E-state index is 0.0558. The standard InChI is InChI=1S/C14H14Cl4O/c15-11-12(16)3-4-13(17)8-5-1-2-6(7(8)12)10(19)9(5)14(11,13)18/h5-9,11H,1-4H2/t5-,6+,7?,8?,9+,11-,12+,13-,14+/m1/s1. The lowest BCUT2D eigenvalue weighted by molar-refractivity contribution is -0.141. The van der Waals surface area contributed by atoms with E-state index >= 15 is 0 Å². The third kappa shape index (κ3) is 0.928. The molecule has 7 rings (SSSR count). The Bertz CT molecular complexity index is 524. The Balaban J connectivity index is 1.88. The molecule has 1 nitrogen and oxygen atoms in total. The summed E-state index contributed by atoms with van der Waals surface area (Å²) in [5.74, 6) is 0.981. The first-order valence-electron chi connectivity index (χ1n) is 7.12. The number of halogens is 4. The van der Waals surface area contributed by atoms with Crippen LogP contribution in [0.15, 0.2) is 0 Å². The van der Waals surface area contributed by atoms with Gasteiger partial charge in [0.1, 0.15) is 5.78 Å². The second kappa shape index (κ2) is 3.12. The van der Waals surface area contributed by atoms with Crippen molar-refractivity contribution in [1.29, 1.82) is 0 Å². The lowest BCUT2D eigenvalue weighted by atomic mass is 9.49. The van der Waals surface area contributed by atoms with Crippen LogP contribution >= 0.6 is 46.4 Å². The lowest BCUT2D eigenvalue weighted by Gasteiger charge is -2.64. The van der Waals surface area contributed by atoms with Gasteiger partial charge < -0.3 is 0 Å². The fraction of sp³-hybridized carbons (Fsp3) is 0.929. The van der Waals surface area contributed by atoms with Gasteiger partial charge in [0, 0.05) is 11.8 Å². The minimum atomic E-state index is -0.825. The molecule has 7 fully saturated rings. The monoisotopic (exact) mass is 338 g/mol. The first-order valence-corrected chi connectivity index (χ1v) is 8.69. The number of carbonyl (C=O) groups is 1. The van der Waals surface area contributed by atoms with Gasteiger partial charge in [-0.25, -0.2) is 0 Å². The molecular weight excluding hydrogens is 326 g/mol. The van der Waals surface area contributed by atoms with Gasteiger partial charge in [0.2, 0.25) is 0 Å². The average Bonchev–Trinajstić information content (AvgIpc) is 2.54. The number of hydrogen-bond donors (Lipinski definition) is 0. The molecule has 0 aliphatic heterocycles. The molecule has 0 radical (unpaired) electrons. The van der Waals surface area contributed by atoms with Gasteiger partial charge in [-0.05, 0) is 43.4 Å². The Hall–Kier alpha value is 0.830. The Morgan fingerprint density at radius 1 is 1.05 bits per heavy atom. The number of ketones is 1. The van der Waals surface area contributed by atoms with Gasteiger partial charge in [0.25, 0.3) is 0 Å². The molecule has 7 aliphatic carbocycles. The highest BCUT2D eigenvalue weighted by molar-refractivity contribution is 6.45. The number of alkyl halides is 4. The van der Waals surface area contributed by atoms with E-state index in [1.54, 1.807) is 0 Å². The van der Waals surface area contributed by atoms with Gasteiger partial charge in [-0.1, -0.05) is 0 Å². The highest BCUT2D eigenvalue weighted by Gasteiger charge is 2.87. The average molecular weight is 340 g/mol. The van der Waals surface area contributed by atoms with Crippen molar-refractivity contribution in [3.05, 3.63) is 0 Å². The van der Waals surface area contributed by atoms with Crippen LogP contribution < -0.4 is 0 Å². The van der Waals surface area contributed by atoms with Crippen molar-refractivity contribution in [3.8, 4) is 0 Å². The second-order valence-electron chi connectivity index (χ2n) is 7.20. The molecule has 19 heavy (non-hydrogen) atoms. The van der Waals surface area contributed by atoms with Gasteiger partial charge in [-0.3, -0.25) is 4.79 Å². The molecule has 7 saturated carbocycles. The highest BCUT2D eigenvalue weighted by Crippen LogP contribution is 2.81. The van der Waals surface area contributed by atoms with Gasteiger partial charge in [-0.2, -0.15) is 0 Å². The highest BCUT2D eigenvalue weighted by atomic mass is 35.5. The summed E-state index contributed by atoms with van der Waals surface area (Å²) in [7, 11) is 0. The Kier molecular flexibility index (Phi) is 2.03. The number of Topliss-reactive ketones (excluding diaryl/α,β-unsaturated/α-hetero) is 1. The van der Waals surface area contributed by atoms with E-state index in [4.69, 9.17) is 46.4 Å². The summed E-state index contributed by atoms with van der Waals surface area (Å²) >= 11 is 27.7. The Morgan fingerprint density at radius 2 is 1.79 bits per heavy atom. The number of rotatable bonds is 0. The molecule has 0 N–H and O–H groups in total. The van der Waals surface area contributed by atoms with E-state index in [1.165, 1.54) is 0 Å². The third-order valence-electron chi connectivity index (χ3n) is 7.03. The van der Waals surface area contributed by atoms with Crippen LogP contribution in [0, 0.1) is 29.6 Å². The van der Waals surface area contributed by atoms with Crippen LogP contribution in [0.5, 0.6) is 0 Å². The third-order valence-corrected chi connectivity index (χ3v) is 10.3. The maximum atomic E-state index is 12.8. The fourth-order valence-corrected chi connectivity index (χ4v) is 9.14. The van der Waals surface area contributed by atoms with Crippen LogP contribution in [-0.4, -0.2) is 25.8 Å². The molecule has 104 valence electrons. The maximum Gasteiger partial charge on any atom is 0.141 e. The molecule has 0 aromatic rings. The molecule has 7 bridgehead atoms. The van der Waals surface area contributed by atoms with Crippen LogP contribution in [0.4, 0.5) is 0 Å². The topological polar surface area (TPSA) is 17.1 Å². The maximum absolute atomic E-state index is 12.8. The zero-order valence-electron chi connectivity index (χ0n) is 10.2. The zero-order valence-corrected chi connectivity index (χ0v) is 13.2. The van der Waals surface area contributed by atoms with Crippen LogP contribution in [0.2, 0.25) is 0 Å². The fourth-order valence-electron chi connectivity index (χ4n) is 6.58. The van der Waals surface area contributed by atoms with Crippen molar-refractivity contribution in [2.75, 3.05) is 0 Å². The van der Waals surface area contributed by atoms with E-state index in [0.29, 0.717) is 17.6 Å². The number of fused-ring (bicyclic) bond motifs is 2. The molecule has 2 unspecified atom stereocenters. The largest absolute Gasteiger partial charge is 0.299 e. The summed E-state index contributed by atoms with van der Waals surface area (Å²) in [6.45, 7) is 0. The van der Waals surface area contributed by atoms with Crippen LogP contribution in [0.3, 0.4) is 0 Å². The summed E-state index contributed by atoms with van der Waals surface area (Å²) in [6, 6.07) is 0. The quantitative estimate of drug-likeness (QED) is 0.613. The molecule has 0 aromatic heterocycles. The summed E-state index contributed by atoms with van der Waals surface area (Å²) in [4.78, 5) is 10.9. The number of carbonyl (C=O) groups excluding carboxylic acids is 1. The second-order valence-corrected chi connectivity index (χ2v) is 9.64. The Labute approximate surface area is 132 Å². The van der Waals surface area contributed by atoms with Crippen molar-refractivity contribution in [1.82, 2.24) is 0 Å². The first-order chi connectivity index (χ1) is 8.87. The molecule has 0 aromatic carbocycles. The van der Waals surface area contributed by atoms with E-state index in [9.17, 15) is 4.79 Å². The summed E-state index contributed by atoms with van der Waals surface area (Å²) in [5, 5.41) is -0.391. The smallest absolute Gasteiger partial charge is 0.141 e. The molecule has 0 spiro atoms. The predicted molar refractivity (Wildman–Crippen MR) is 76.3 cm³/mol. The van der Waals surface area contributed by atoms with Gasteiger partial charge in [-0.15, -0.1) is 46.4 Å². The zero-order chi connectivity index (χ0) is 13.4. The van der Waals surface area contributed by atoms with E-state index < -0.39 is 20.0 Å². The van der Waals surface area contributed by atoms with Crippen molar-refractivity contribution in [2.45, 2.75) is 45.7 Å². The van der Waals surface area contributed by atoms with E-state index in [1.807, 2.05) is 0 Å². The van der Waals surface area contributed by atoms with Gasteiger partial charge in [0.05, 0.1) is 20.0 Å². The van der Waals surface area contributed by atoms with Crippen LogP contribution in [-0.2, 0) is 4.79 Å². The molecule has 5 heteroatoms. The van der Waals surface area contributed by atoms with Crippen LogP contribution in [0.1, 0.15) is 25.7 Å². The molecule has 0 amide bonds. The predicted octanol–water partition coefficient (Wildman–Crippen LogP) is 3.81. The van der Waals surface area contributed by atoms with Gasteiger partial charge >= 0.3 is 0 Å². The van der Waals surface area contributed by atoms with Crippen LogP contribution in [0.25, 0.3) is 0 Å². The van der Waals surface area contributed by atoms with E-state index in [2.05, 4.69) is 0 Å². The van der Waals surface area contributed by atoms with Crippen molar-refractivity contribution >= 4 is 52.2 Å². The molecular formula is C14H14Cl4O. The van der Waals surface area contributed by atoms with Crippen molar-refractivity contribution in [3.63, 3.8) is 0 Å². The summed E-state index contributed by atoms with van der Waals surface area (Å²) in [5.41, 5.74) is 0. The van der Waals surface area contributed by atoms with Gasteiger partial charge in [0.15, 0.2) is 0 Å². The van der Waals surface area contributed by atoms with E-state index in [-0.39, 0.29) is 17.8 Å². The minimum Gasteiger partial charge on any atom is -0.299 e. The van der Waals surface area contributed by atoms with E-state index in [0.717, 1.165) is 25.7 Å². The molecule has 0 saturated heterocycles. The molecule has 0 heterocycles. The SMILES string of the molecule is O=C1[C@H]2CC[C@@H]3C4C2[C@@]2(Cl)CC[C@]4(Cl)[C@](Cl)([C@H]13)[C@@H]2Cl. The first kappa shape index (κ1) is 12.4. The van der Waals surface area contributed by atoms with Crippen molar-refractivity contribution < 1.29 is 4.79 Å². The summed E-state index contributed by atoms with van der Waals surface area (Å²) < 4.78 is 0. The number of hydrogen-bond acceptors (Lipinski definition) is 1. The summed E-state index contributed by atoms with van der Waals surface area (Å²) in [6.07, 6.45) is 3.63. The normalized spacial score (nSPS) is 72.1. The lowest BCUT2D eigenvalue weighted by Crippen LogP contribution is -2.72. The molecule has 7 aliphatic rings.